The predicted molar refractivity (Wildman–Crippen MR) is 34.5 cm³/mol. The van der Waals surface area contributed by atoms with Crippen LogP contribution in [-0.2, 0) is 4.79 Å². The van der Waals surface area contributed by atoms with Crippen molar-refractivity contribution in [1.29, 1.82) is 0 Å². The summed E-state index contributed by atoms with van der Waals surface area (Å²) in [6.45, 7) is -0.376. The Bertz CT molecular complexity index is 102. The number of carboxylic acid groups (broad SMARTS) is 1. The van der Waals surface area contributed by atoms with E-state index < -0.39 is 11.9 Å². The van der Waals surface area contributed by atoms with E-state index in [9.17, 15) is 4.79 Å². The maximum atomic E-state index is 10.2. The summed E-state index contributed by atoms with van der Waals surface area (Å²) < 4.78 is 0. The van der Waals surface area contributed by atoms with Crippen LogP contribution in [0.3, 0.4) is 0 Å². The Labute approximate surface area is 59.1 Å². The Hall–Kier alpha value is -0.610. The monoisotopic (exact) mass is 148 g/mol. The summed E-state index contributed by atoms with van der Waals surface area (Å²) >= 11 is 0. The Morgan fingerprint density at radius 3 is 2.30 bits per heavy atom. The minimum atomic E-state index is -1.00. The van der Waals surface area contributed by atoms with Gasteiger partial charge in [0, 0.05) is 6.61 Å². The summed E-state index contributed by atoms with van der Waals surface area (Å²) in [6.07, 6.45) is 0.764. The second kappa shape index (κ2) is 5.20. The second-order valence-corrected chi connectivity index (χ2v) is 2.08. The van der Waals surface area contributed by atoms with Crippen molar-refractivity contribution in [2.45, 2.75) is 12.8 Å². The van der Waals surface area contributed by atoms with Gasteiger partial charge in [0.05, 0.1) is 12.5 Å². The first-order chi connectivity index (χ1) is 4.72. The molecule has 0 aromatic rings. The molecule has 1 unspecified atom stereocenters. The fourth-order valence-corrected chi connectivity index (χ4v) is 0.631. The molecule has 0 aliphatic rings. The summed E-state index contributed by atoms with van der Waals surface area (Å²) in [5, 5.41) is 25.1. The Kier molecular flexibility index (Phi) is 4.88. The lowest BCUT2D eigenvalue weighted by atomic mass is 10.1. The fraction of sp³-hybridized carbons (Fsp3) is 0.833. The van der Waals surface area contributed by atoms with Crippen LogP contribution in [-0.4, -0.2) is 34.5 Å². The Morgan fingerprint density at radius 2 is 2.00 bits per heavy atom. The number of aliphatic carboxylic acids is 1. The number of hydrogen-bond donors (Lipinski definition) is 3. The van der Waals surface area contributed by atoms with Gasteiger partial charge < -0.3 is 15.3 Å². The number of rotatable bonds is 5. The molecule has 0 rings (SSSR count). The van der Waals surface area contributed by atoms with E-state index in [1.54, 1.807) is 0 Å². The van der Waals surface area contributed by atoms with Gasteiger partial charge in [0.1, 0.15) is 0 Å². The minimum Gasteiger partial charge on any atom is -0.481 e. The van der Waals surface area contributed by atoms with Crippen molar-refractivity contribution >= 4 is 5.97 Å². The van der Waals surface area contributed by atoms with Crippen LogP contribution in [0.1, 0.15) is 12.8 Å². The zero-order chi connectivity index (χ0) is 7.98. The largest absolute Gasteiger partial charge is 0.481 e. The lowest BCUT2D eigenvalue weighted by Gasteiger charge is -2.05. The Morgan fingerprint density at radius 1 is 1.40 bits per heavy atom. The van der Waals surface area contributed by atoms with E-state index in [-0.39, 0.29) is 13.2 Å². The van der Waals surface area contributed by atoms with E-state index in [4.69, 9.17) is 15.3 Å². The molecule has 60 valence electrons. The molecule has 1 atom stereocenters. The maximum Gasteiger partial charge on any atom is 0.308 e. The maximum absolute atomic E-state index is 10.2. The third-order valence-electron chi connectivity index (χ3n) is 1.28. The van der Waals surface area contributed by atoms with Gasteiger partial charge in [-0.1, -0.05) is 0 Å². The molecule has 0 aliphatic heterocycles. The van der Waals surface area contributed by atoms with Crippen LogP contribution in [0.4, 0.5) is 0 Å². The molecule has 4 heteroatoms. The first kappa shape index (κ1) is 9.39. The highest BCUT2D eigenvalue weighted by Crippen LogP contribution is 2.04. The quantitative estimate of drug-likeness (QED) is 0.489. The van der Waals surface area contributed by atoms with Crippen LogP contribution in [0, 0.1) is 5.92 Å². The van der Waals surface area contributed by atoms with Crippen LogP contribution in [0.5, 0.6) is 0 Å². The second-order valence-electron chi connectivity index (χ2n) is 2.08. The first-order valence-electron chi connectivity index (χ1n) is 3.17. The molecule has 0 fully saturated rings. The van der Waals surface area contributed by atoms with Crippen LogP contribution >= 0.6 is 0 Å². The predicted octanol–water partition coefficient (Wildman–Crippen LogP) is -0.548. The van der Waals surface area contributed by atoms with E-state index in [1.165, 1.54) is 0 Å². The summed E-state index contributed by atoms with van der Waals surface area (Å²) in [7, 11) is 0. The number of aliphatic hydroxyl groups excluding tert-OH is 2. The highest BCUT2D eigenvalue weighted by atomic mass is 16.4. The molecule has 4 nitrogen and oxygen atoms in total. The van der Waals surface area contributed by atoms with Crippen LogP contribution in [0.25, 0.3) is 0 Å². The normalized spacial score (nSPS) is 13.0. The van der Waals surface area contributed by atoms with E-state index >= 15 is 0 Å². The zero-order valence-corrected chi connectivity index (χ0v) is 5.66. The number of carboxylic acids is 1. The molecule has 0 aliphatic carbocycles. The van der Waals surface area contributed by atoms with Gasteiger partial charge in [0.25, 0.3) is 0 Å². The van der Waals surface area contributed by atoms with E-state index in [0.29, 0.717) is 12.8 Å². The van der Waals surface area contributed by atoms with Gasteiger partial charge in [0.2, 0.25) is 0 Å². The van der Waals surface area contributed by atoms with Crippen LogP contribution in [0.2, 0.25) is 0 Å². The molecule has 0 heterocycles. The summed E-state index contributed by atoms with van der Waals surface area (Å²) in [5.74, 6) is -1.72. The smallest absolute Gasteiger partial charge is 0.308 e. The molecule has 0 saturated heterocycles. The SMILES string of the molecule is O=C(O)C(CO)CCCO. The minimum absolute atomic E-state index is 0.0240. The van der Waals surface area contributed by atoms with Gasteiger partial charge in [-0.05, 0) is 12.8 Å². The summed E-state index contributed by atoms with van der Waals surface area (Å²) in [6, 6.07) is 0. The molecule has 10 heavy (non-hydrogen) atoms. The Balaban J connectivity index is 3.50. The molecule has 0 aromatic heterocycles. The van der Waals surface area contributed by atoms with Crippen molar-refractivity contribution in [3.63, 3.8) is 0 Å². The summed E-state index contributed by atoms with van der Waals surface area (Å²) in [5.41, 5.74) is 0. The molecule has 0 spiro atoms. The summed E-state index contributed by atoms with van der Waals surface area (Å²) in [4.78, 5) is 10.2. The topological polar surface area (TPSA) is 77.8 Å². The van der Waals surface area contributed by atoms with Crippen molar-refractivity contribution in [3.05, 3.63) is 0 Å². The number of aliphatic hydroxyl groups is 2. The molecular weight excluding hydrogens is 136 g/mol. The number of hydrogen-bond acceptors (Lipinski definition) is 3. The van der Waals surface area contributed by atoms with E-state index in [0.717, 1.165) is 0 Å². The average Bonchev–Trinajstić information content (AvgIpc) is 1.89. The lowest BCUT2D eigenvalue weighted by molar-refractivity contribution is -0.143. The molecule has 0 bridgehead atoms. The average molecular weight is 148 g/mol. The third kappa shape index (κ3) is 3.42. The van der Waals surface area contributed by atoms with Crippen molar-refractivity contribution < 1.29 is 20.1 Å². The molecule has 3 N–H and O–H groups in total. The molecular formula is C6H12O4. The third-order valence-corrected chi connectivity index (χ3v) is 1.28. The van der Waals surface area contributed by atoms with Crippen molar-refractivity contribution in [2.24, 2.45) is 5.92 Å². The zero-order valence-electron chi connectivity index (χ0n) is 5.66. The van der Waals surface area contributed by atoms with Gasteiger partial charge in [-0.2, -0.15) is 0 Å². The fourth-order valence-electron chi connectivity index (χ4n) is 0.631. The molecule has 0 radical (unpaired) electrons. The van der Waals surface area contributed by atoms with Gasteiger partial charge in [0.15, 0.2) is 0 Å². The highest BCUT2D eigenvalue weighted by Gasteiger charge is 2.14. The van der Waals surface area contributed by atoms with Crippen molar-refractivity contribution in [3.8, 4) is 0 Å². The first-order valence-corrected chi connectivity index (χ1v) is 3.17. The van der Waals surface area contributed by atoms with Gasteiger partial charge in [-0.15, -0.1) is 0 Å². The van der Waals surface area contributed by atoms with Crippen molar-refractivity contribution in [1.82, 2.24) is 0 Å². The van der Waals surface area contributed by atoms with Gasteiger partial charge in [-0.3, -0.25) is 4.79 Å². The van der Waals surface area contributed by atoms with E-state index in [2.05, 4.69) is 0 Å². The van der Waals surface area contributed by atoms with Crippen molar-refractivity contribution in [2.75, 3.05) is 13.2 Å². The van der Waals surface area contributed by atoms with E-state index in [1.807, 2.05) is 0 Å². The molecule has 0 saturated carbocycles. The number of carbonyl (C=O) groups is 1. The molecule has 0 amide bonds. The lowest BCUT2D eigenvalue weighted by Crippen LogP contribution is -2.17. The van der Waals surface area contributed by atoms with Gasteiger partial charge in [-0.25, -0.2) is 0 Å². The van der Waals surface area contributed by atoms with Crippen LogP contribution in [0.15, 0.2) is 0 Å². The van der Waals surface area contributed by atoms with Crippen LogP contribution < -0.4 is 0 Å². The van der Waals surface area contributed by atoms with Gasteiger partial charge >= 0.3 is 5.97 Å². The standard InChI is InChI=1S/C6H12O4/c7-3-1-2-5(4-8)6(9)10/h5,7-8H,1-4H2,(H,9,10). The highest BCUT2D eigenvalue weighted by molar-refractivity contribution is 5.69. The molecule has 0 aromatic carbocycles.